The summed E-state index contributed by atoms with van der Waals surface area (Å²) in [6, 6.07) is 0. The Morgan fingerprint density at radius 2 is 2.00 bits per heavy atom. The zero-order valence-electron chi connectivity index (χ0n) is 11.4. The van der Waals surface area contributed by atoms with Crippen molar-refractivity contribution in [2.24, 2.45) is 23.0 Å². The van der Waals surface area contributed by atoms with Crippen LogP contribution in [-0.4, -0.2) is 37.2 Å². The molecule has 4 nitrogen and oxygen atoms in total. The minimum Gasteiger partial charge on any atom is -0.389 e. The van der Waals surface area contributed by atoms with Gasteiger partial charge in [0.25, 0.3) is 0 Å². The summed E-state index contributed by atoms with van der Waals surface area (Å²) in [4.78, 5) is 0. The van der Waals surface area contributed by atoms with E-state index in [1.54, 1.807) is 0 Å². The number of rotatable bonds is 2. The highest BCUT2D eigenvalue weighted by Gasteiger charge is 2.58. The number of hydrogen-bond donors (Lipinski definition) is 2. The molecule has 1 heterocycles. The van der Waals surface area contributed by atoms with Gasteiger partial charge in [-0.2, -0.15) is 0 Å². The van der Waals surface area contributed by atoms with E-state index in [4.69, 9.17) is 5.73 Å². The molecule has 2 fully saturated rings. The van der Waals surface area contributed by atoms with Gasteiger partial charge < -0.3 is 10.8 Å². The molecular formula is C13H25NO3S. The first kappa shape index (κ1) is 14.3. The van der Waals surface area contributed by atoms with Crippen molar-refractivity contribution in [1.82, 2.24) is 0 Å². The zero-order chi connectivity index (χ0) is 13.6. The molecule has 4 unspecified atom stereocenters. The second-order valence-electron chi connectivity index (χ2n) is 6.53. The summed E-state index contributed by atoms with van der Waals surface area (Å²) in [5.41, 5.74) is 4.35. The third kappa shape index (κ3) is 2.10. The van der Waals surface area contributed by atoms with Crippen LogP contribution in [0.3, 0.4) is 0 Å². The first-order valence-electron chi connectivity index (χ1n) is 6.87. The zero-order valence-corrected chi connectivity index (χ0v) is 12.2. The van der Waals surface area contributed by atoms with Crippen LogP contribution in [0, 0.1) is 17.3 Å². The van der Waals surface area contributed by atoms with Gasteiger partial charge in [-0.15, -0.1) is 0 Å². The Labute approximate surface area is 110 Å². The lowest BCUT2D eigenvalue weighted by molar-refractivity contribution is -0.136. The molecule has 5 heteroatoms. The van der Waals surface area contributed by atoms with Gasteiger partial charge in [0.2, 0.25) is 0 Å². The van der Waals surface area contributed by atoms with Crippen LogP contribution in [0.15, 0.2) is 0 Å². The number of nitrogens with two attached hydrogens (primary N) is 1. The minimum absolute atomic E-state index is 0.0612. The van der Waals surface area contributed by atoms with Gasteiger partial charge in [-0.3, -0.25) is 0 Å². The smallest absolute Gasteiger partial charge is 0.151 e. The molecule has 0 bridgehead atoms. The van der Waals surface area contributed by atoms with E-state index in [-0.39, 0.29) is 24.0 Å². The molecule has 0 aromatic heterocycles. The number of hydrogen-bond acceptors (Lipinski definition) is 4. The van der Waals surface area contributed by atoms with Gasteiger partial charge >= 0.3 is 0 Å². The van der Waals surface area contributed by atoms with Crippen LogP contribution < -0.4 is 5.73 Å². The van der Waals surface area contributed by atoms with Crippen LogP contribution in [-0.2, 0) is 9.84 Å². The molecular weight excluding hydrogens is 250 g/mol. The second-order valence-corrected chi connectivity index (χ2v) is 8.72. The van der Waals surface area contributed by atoms with Crippen LogP contribution >= 0.6 is 0 Å². The Morgan fingerprint density at radius 3 is 2.44 bits per heavy atom. The lowest BCUT2D eigenvalue weighted by Crippen LogP contribution is -2.59. The van der Waals surface area contributed by atoms with Gasteiger partial charge in [0.15, 0.2) is 9.84 Å². The van der Waals surface area contributed by atoms with Gasteiger partial charge in [0.1, 0.15) is 0 Å². The quantitative estimate of drug-likeness (QED) is 0.786. The Hall–Kier alpha value is -0.130. The normalized spacial score (nSPS) is 48.2. The summed E-state index contributed by atoms with van der Waals surface area (Å²) in [6.07, 6.45) is 3.12. The minimum atomic E-state index is -3.03. The van der Waals surface area contributed by atoms with Gasteiger partial charge in [-0.05, 0) is 37.5 Å². The predicted octanol–water partition coefficient (Wildman–Crippen LogP) is 0.937. The molecule has 1 saturated heterocycles. The molecule has 0 aromatic carbocycles. The van der Waals surface area contributed by atoms with Crippen LogP contribution in [0.5, 0.6) is 0 Å². The average molecular weight is 275 g/mol. The summed E-state index contributed by atoms with van der Waals surface area (Å²) >= 11 is 0. The van der Waals surface area contributed by atoms with Crippen molar-refractivity contribution in [2.75, 3.05) is 18.1 Å². The van der Waals surface area contributed by atoms with E-state index in [1.165, 1.54) is 0 Å². The molecule has 106 valence electrons. The Balaban J connectivity index is 2.33. The van der Waals surface area contributed by atoms with Crippen molar-refractivity contribution in [1.29, 1.82) is 0 Å². The summed E-state index contributed by atoms with van der Waals surface area (Å²) in [5.74, 6) is 0.965. The predicted molar refractivity (Wildman–Crippen MR) is 71.9 cm³/mol. The van der Waals surface area contributed by atoms with E-state index >= 15 is 0 Å². The van der Waals surface area contributed by atoms with E-state index in [9.17, 15) is 13.5 Å². The van der Waals surface area contributed by atoms with Gasteiger partial charge in [-0.25, -0.2) is 8.42 Å². The van der Waals surface area contributed by atoms with Crippen molar-refractivity contribution in [3.05, 3.63) is 0 Å². The van der Waals surface area contributed by atoms with E-state index < -0.39 is 20.9 Å². The lowest BCUT2D eigenvalue weighted by Gasteiger charge is -2.51. The van der Waals surface area contributed by atoms with E-state index in [0.29, 0.717) is 18.8 Å². The number of sulfone groups is 1. The molecule has 1 aliphatic carbocycles. The lowest BCUT2D eigenvalue weighted by atomic mass is 9.58. The third-order valence-electron chi connectivity index (χ3n) is 5.29. The van der Waals surface area contributed by atoms with Gasteiger partial charge in [-0.1, -0.05) is 13.8 Å². The Bertz CT molecular complexity index is 422. The third-order valence-corrected chi connectivity index (χ3v) is 7.10. The van der Waals surface area contributed by atoms with Crippen LogP contribution in [0.2, 0.25) is 0 Å². The molecule has 0 amide bonds. The van der Waals surface area contributed by atoms with Crippen LogP contribution in [0.4, 0.5) is 0 Å². The highest BCUT2D eigenvalue weighted by molar-refractivity contribution is 7.91. The first-order valence-corrected chi connectivity index (χ1v) is 8.70. The maximum atomic E-state index is 11.8. The largest absolute Gasteiger partial charge is 0.389 e. The first-order chi connectivity index (χ1) is 8.25. The van der Waals surface area contributed by atoms with Crippen molar-refractivity contribution < 1.29 is 13.5 Å². The monoisotopic (exact) mass is 275 g/mol. The fourth-order valence-electron chi connectivity index (χ4n) is 4.01. The highest BCUT2D eigenvalue weighted by Crippen LogP contribution is 2.51. The van der Waals surface area contributed by atoms with E-state index in [1.807, 2.05) is 6.92 Å². The summed E-state index contributed by atoms with van der Waals surface area (Å²) in [7, 11) is -3.03. The topological polar surface area (TPSA) is 80.4 Å². The van der Waals surface area contributed by atoms with Crippen molar-refractivity contribution >= 4 is 9.84 Å². The Morgan fingerprint density at radius 1 is 1.33 bits per heavy atom. The van der Waals surface area contributed by atoms with Crippen LogP contribution in [0.25, 0.3) is 0 Å². The maximum Gasteiger partial charge on any atom is 0.151 e. The molecule has 3 N–H and O–H groups in total. The molecule has 0 aromatic rings. The SMILES string of the molecule is CC1CCC(O)(C2(CN)CCS(=O)(=O)C2)C(C)C1. The van der Waals surface area contributed by atoms with Gasteiger partial charge in [0, 0.05) is 12.0 Å². The second kappa shape index (κ2) is 4.46. The molecule has 18 heavy (non-hydrogen) atoms. The maximum absolute atomic E-state index is 11.8. The molecule has 2 aliphatic rings. The molecule has 4 atom stereocenters. The molecule has 1 aliphatic heterocycles. The molecule has 1 saturated carbocycles. The van der Waals surface area contributed by atoms with Crippen molar-refractivity contribution in [2.45, 2.75) is 45.1 Å². The fraction of sp³-hybridized carbons (Fsp3) is 1.00. The van der Waals surface area contributed by atoms with Crippen molar-refractivity contribution in [3.8, 4) is 0 Å². The molecule has 2 rings (SSSR count). The van der Waals surface area contributed by atoms with Gasteiger partial charge in [0.05, 0.1) is 17.1 Å². The Kier molecular flexibility index (Phi) is 3.54. The standard InChI is InChI=1S/C13H25NO3S/c1-10-3-4-13(15,11(2)7-10)12(8-14)5-6-18(16,17)9-12/h10-11,15H,3-9,14H2,1-2H3. The molecule has 0 radical (unpaired) electrons. The summed E-state index contributed by atoms with van der Waals surface area (Å²) in [5, 5.41) is 11.1. The molecule has 0 spiro atoms. The fourth-order valence-corrected chi connectivity index (χ4v) is 6.21. The summed E-state index contributed by atoms with van der Waals surface area (Å²) in [6.45, 7) is 4.50. The van der Waals surface area contributed by atoms with E-state index in [0.717, 1.165) is 12.8 Å². The average Bonchev–Trinajstić information content (AvgIpc) is 2.62. The van der Waals surface area contributed by atoms with Crippen LogP contribution in [0.1, 0.15) is 39.5 Å². The highest BCUT2D eigenvalue weighted by atomic mass is 32.2. The number of aliphatic hydroxyl groups is 1. The summed E-state index contributed by atoms with van der Waals surface area (Å²) < 4.78 is 23.6. The van der Waals surface area contributed by atoms with Crippen molar-refractivity contribution in [3.63, 3.8) is 0 Å². The van der Waals surface area contributed by atoms with E-state index in [2.05, 4.69) is 6.92 Å².